The van der Waals surface area contributed by atoms with E-state index in [1.165, 1.54) is 0 Å². The average Bonchev–Trinajstić information content (AvgIpc) is 2.29. The molecule has 3 heteroatoms. The monoisotopic (exact) mass is 218 g/mol. The number of para-hydroxylation sites is 1. The first-order chi connectivity index (χ1) is 7.70. The summed E-state index contributed by atoms with van der Waals surface area (Å²) in [5.74, 6) is 0.222. The standard InChI is InChI=1S/C13H18N2O/c1-10(14)11-6-2-3-7-12(11)15-9-5-4-8-13(15)16/h2-3,6-7,10H,4-5,8-9,14H2,1H3. The number of hydrogen-bond donors (Lipinski definition) is 1. The number of benzene rings is 1. The molecule has 1 aromatic carbocycles. The Balaban J connectivity index is 2.34. The molecular formula is C13H18N2O. The number of nitrogens with two attached hydrogens (primary N) is 1. The van der Waals surface area contributed by atoms with Crippen LogP contribution in [0.3, 0.4) is 0 Å². The predicted molar refractivity (Wildman–Crippen MR) is 65.2 cm³/mol. The van der Waals surface area contributed by atoms with Crippen LogP contribution in [0.2, 0.25) is 0 Å². The van der Waals surface area contributed by atoms with Gasteiger partial charge in [0, 0.05) is 24.7 Å². The Kier molecular flexibility index (Phi) is 3.25. The third kappa shape index (κ3) is 2.09. The van der Waals surface area contributed by atoms with Crippen LogP contribution < -0.4 is 10.6 Å². The highest BCUT2D eigenvalue weighted by atomic mass is 16.2. The maximum absolute atomic E-state index is 11.9. The summed E-state index contributed by atoms with van der Waals surface area (Å²) in [5, 5.41) is 0. The molecule has 1 fully saturated rings. The highest BCUT2D eigenvalue weighted by Gasteiger charge is 2.22. The zero-order valence-electron chi connectivity index (χ0n) is 9.65. The van der Waals surface area contributed by atoms with Crippen LogP contribution in [-0.2, 0) is 4.79 Å². The summed E-state index contributed by atoms with van der Waals surface area (Å²) in [6.45, 7) is 2.77. The van der Waals surface area contributed by atoms with Gasteiger partial charge in [-0.3, -0.25) is 4.79 Å². The molecule has 0 aromatic heterocycles. The van der Waals surface area contributed by atoms with Crippen molar-refractivity contribution in [2.75, 3.05) is 11.4 Å². The molecule has 0 saturated carbocycles. The van der Waals surface area contributed by atoms with Crippen molar-refractivity contribution in [2.45, 2.75) is 32.2 Å². The fraction of sp³-hybridized carbons (Fsp3) is 0.462. The SMILES string of the molecule is CC(N)c1ccccc1N1CCCCC1=O. The lowest BCUT2D eigenvalue weighted by Crippen LogP contribution is -2.36. The number of hydrogen-bond acceptors (Lipinski definition) is 2. The van der Waals surface area contributed by atoms with Crippen molar-refractivity contribution in [3.8, 4) is 0 Å². The molecule has 16 heavy (non-hydrogen) atoms. The number of carbonyl (C=O) groups excluding carboxylic acids is 1. The van der Waals surface area contributed by atoms with E-state index < -0.39 is 0 Å². The van der Waals surface area contributed by atoms with Gasteiger partial charge in [-0.1, -0.05) is 18.2 Å². The van der Waals surface area contributed by atoms with Crippen molar-refractivity contribution in [2.24, 2.45) is 5.73 Å². The minimum Gasteiger partial charge on any atom is -0.324 e. The summed E-state index contributed by atoms with van der Waals surface area (Å²) in [4.78, 5) is 13.7. The molecule has 0 bridgehead atoms. The van der Waals surface area contributed by atoms with Crippen LogP contribution in [0.5, 0.6) is 0 Å². The Bertz CT molecular complexity index is 387. The lowest BCUT2D eigenvalue weighted by Gasteiger charge is -2.29. The van der Waals surface area contributed by atoms with Gasteiger partial charge in [0.25, 0.3) is 0 Å². The molecule has 86 valence electrons. The third-order valence-corrected chi connectivity index (χ3v) is 3.04. The van der Waals surface area contributed by atoms with E-state index in [2.05, 4.69) is 0 Å². The zero-order valence-corrected chi connectivity index (χ0v) is 9.65. The van der Waals surface area contributed by atoms with Gasteiger partial charge in [0.1, 0.15) is 0 Å². The molecule has 0 radical (unpaired) electrons. The van der Waals surface area contributed by atoms with Crippen LogP contribution in [0.15, 0.2) is 24.3 Å². The van der Waals surface area contributed by atoms with E-state index in [0.717, 1.165) is 30.6 Å². The fourth-order valence-corrected chi connectivity index (χ4v) is 2.18. The largest absolute Gasteiger partial charge is 0.324 e. The molecule has 1 amide bonds. The van der Waals surface area contributed by atoms with Crippen molar-refractivity contribution in [3.05, 3.63) is 29.8 Å². The van der Waals surface area contributed by atoms with Crippen molar-refractivity contribution in [3.63, 3.8) is 0 Å². The number of anilines is 1. The van der Waals surface area contributed by atoms with E-state index in [9.17, 15) is 4.79 Å². The molecule has 1 aromatic rings. The van der Waals surface area contributed by atoms with Crippen molar-refractivity contribution >= 4 is 11.6 Å². The lowest BCUT2D eigenvalue weighted by atomic mass is 10.0. The summed E-state index contributed by atoms with van der Waals surface area (Å²) < 4.78 is 0. The fourth-order valence-electron chi connectivity index (χ4n) is 2.18. The van der Waals surface area contributed by atoms with E-state index in [0.29, 0.717) is 6.42 Å². The molecule has 1 saturated heterocycles. The first kappa shape index (κ1) is 11.1. The van der Waals surface area contributed by atoms with Crippen LogP contribution in [-0.4, -0.2) is 12.5 Å². The second-order valence-electron chi connectivity index (χ2n) is 4.35. The molecule has 1 aliphatic heterocycles. The Morgan fingerprint density at radius 3 is 2.75 bits per heavy atom. The van der Waals surface area contributed by atoms with Gasteiger partial charge in [-0.25, -0.2) is 0 Å². The van der Waals surface area contributed by atoms with Gasteiger partial charge in [0.2, 0.25) is 5.91 Å². The van der Waals surface area contributed by atoms with Crippen molar-refractivity contribution in [1.82, 2.24) is 0 Å². The maximum Gasteiger partial charge on any atom is 0.226 e. The molecule has 1 atom stereocenters. The normalized spacial score (nSPS) is 18.6. The second-order valence-corrected chi connectivity index (χ2v) is 4.35. The van der Waals surface area contributed by atoms with Crippen LogP contribution in [0.25, 0.3) is 0 Å². The summed E-state index contributed by atoms with van der Waals surface area (Å²) >= 11 is 0. The summed E-state index contributed by atoms with van der Waals surface area (Å²) in [6.07, 6.45) is 2.75. The number of amides is 1. The van der Waals surface area contributed by atoms with Gasteiger partial charge in [-0.15, -0.1) is 0 Å². The maximum atomic E-state index is 11.9. The summed E-state index contributed by atoms with van der Waals surface area (Å²) in [5.41, 5.74) is 7.97. The van der Waals surface area contributed by atoms with Gasteiger partial charge in [-0.05, 0) is 31.4 Å². The highest BCUT2D eigenvalue weighted by Crippen LogP contribution is 2.27. The molecule has 0 spiro atoms. The smallest absolute Gasteiger partial charge is 0.226 e. The first-order valence-electron chi connectivity index (χ1n) is 5.85. The molecule has 2 rings (SSSR count). The Morgan fingerprint density at radius 2 is 2.06 bits per heavy atom. The van der Waals surface area contributed by atoms with E-state index >= 15 is 0 Å². The van der Waals surface area contributed by atoms with E-state index in [4.69, 9.17) is 5.73 Å². The van der Waals surface area contributed by atoms with Gasteiger partial charge >= 0.3 is 0 Å². The quantitative estimate of drug-likeness (QED) is 0.827. The molecule has 0 aliphatic carbocycles. The average molecular weight is 218 g/mol. The molecule has 1 aliphatic rings. The summed E-state index contributed by atoms with van der Waals surface area (Å²) in [6, 6.07) is 7.88. The van der Waals surface area contributed by atoms with Gasteiger partial charge in [-0.2, -0.15) is 0 Å². The van der Waals surface area contributed by atoms with E-state index in [1.807, 2.05) is 36.1 Å². The molecule has 2 N–H and O–H groups in total. The van der Waals surface area contributed by atoms with Crippen LogP contribution in [0.4, 0.5) is 5.69 Å². The van der Waals surface area contributed by atoms with Crippen LogP contribution in [0, 0.1) is 0 Å². The van der Waals surface area contributed by atoms with Crippen LogP contribution in [0.1, 0.15) is 37.8 Å². The number of rotatable bonds is 2. The minimum absolute atomic E-state index is 0.0362. The molecule has 1 unspecified atom stereocenters. The topological polar surface area (TPSA) is 46.3 Å². The number of nitrogens with zero attached hydrogens (tertiary/aromatic N) is 1. The van der Waals surface area contributed by atoms with Crippen molar-refractivity contribution in [1.29, 1.82) is 0 Å². The number of piperidine rings is 1. The van der Waals surface area contributed by atoms with Gasteiger partial charge < -0.3 is 10.6 Å². The van der Waals surface area contributed by atoms with E-state index in [1.54, 1.807) is 0 Å². The highest BCUT2D eigenvalue weighted by molar-refractivity contribution is 5.94. The summed E-state index contributed by atoms with van der Waals surface area (Å²) in [7, 11) is 0. The van der Waals surface area contributed by atoms with E-state index in [-0.39, 0.29) is 11.9 Å². The first-order valence-corrected chi connectivity index (χ1v) is 5.85. The Labute approximate surface area is 96.2 Å². The second kappa shape index (κ2) is 4.66. The minimum atomic E-state index is -0.0362. The van der Waals surface area contributed by atoms with Crippen LogP contribution >= 0.6 is 0 Å². The number of carbonyl (C=O) groups is 1. The zero-order chi connectivity index (χ0) is 11.5. The predicted octanol–water partition coefficient (Wildman–Crippen LogP) is 2.22. The third-order valence-electron chi connectivity index (χ3n) is 3.04. The van der Waals surface area contributed by atoms with Gasteiger partial charge in [0.15, 0.2) is 0 Å². The molecular weight excluding hydrogens is 200 g/mol. The van der Waals surface area contributed by atoms with Gasteiger partial charge in [0.05, 0.1) is 0 Å². The lowest BCUT2D eigenvalue weighted by molar-refractivity contribution is -0.119. The molecule has 3 nitrogen and oxygen atoms in total. The Hall–Kier alpha value is -1.35. The van der Waals surface area contributed by atoms with Crippen molar-refractivity contribution < 1.29 is 4.79 Å². The molecule has 1 heterocycles. The Morgan fingerprint density at radius 1 is 1.31 bits per heavy atom.